The third-order valence-electron chi connectivity index (χ3n) is 10.8. The molecule has 0 aliphatic rings. The number of unbranched alkanes of at least 4 members (excludes halogenated alkanes) is 33. The molecule has 1 unspecified atom stereocenters. The van der Waals surface area contributed by atoms with Crippen LogP contribution in [0.4, 0.5) is 0 Å². The van der Waals surface area contributed by atoms with Crippen LogP contribution in [0.2, 0.25) is 0 Å². The van der Waals surface area contributed by atoms with Crippen molar-refractivity contribution in [1.29, 1.82) is 0 Å². The van der Waals surface area contributed by atoms with Crippen LogP contribution < -0.4 is 0 Å². The molecule has 0 saturated carbocycles. The van der Waals surface area contributed by atoms with Gasteiger partial charge in [-0.2, -0.15) is 0 Å². The van der Waals surface area contributed by atoms with Crippen LogP contribution in [0.25, 0.3) is 0 Å². The van der Waals surface area contributed by atoms with Crippen LogP contribution in [-0.2, 0) is 14.3 Å². The summed E-state index contributed by atoms with van der Waals surface area (Å²) in [5, 5.41) is 9.63. The fourth-order valence-electron chi connectivity index (χ4n) is 7.18. The normalized spacial score (nSPS) is 12.4. The molecule has 0 aromatic carbocycles. The predicted molar refractivity (Wildman–Crippen MR) is 233 cm³/mol. The molecule has 0 radical (unpaired) electrons. The lowest BCUT2D eigenvalue weighted by Gasteiger charge is -2.16. The number of allylic oxidation sites excluding steroid dienone is 4. The van der Waals surface area contributed by atoms with Crippen LogP contribution in [0.5, 0.6) is 0 Å². The van der Waals surface area contributed by atoms with E-state index in [9.17, 15) is 9.90 Å². The fraction of sp³-hybridized carbons (Fsp3) is 0.898. The lowest BCUT2D eigenvalue weighted by molar-refractivity contribution is -0.154. The van der Waals surface area contributed by atoms with Crippen LogP contribution in [0.1, 0.15) is 258 Å². The molecule has 1 N–H and O–H groups in total. The van der Waals surface area contributed by atoms with Crippen LogP contribution in [0, 0.1) is 0 Å². The topological polar surface area (TPSA) is 55.8 Å². The Bertz CT molecular complexity index is 747. The first-order valence-electron chi connectivity index (χ1n) is 23.9. The number of aliphatic hydroxyl groups is 1. The molecule has 53 heavy (non-hydrogen) atoms. The number of hydrogen-bond donors (Lipinski definition) is 1. The number of esters is 1. The molecule has 314 valence electrons. The zero-order valence-electron chi connectivity index (χ0n) is 36.1. The zero-order chi connectivity index (χ0) is 38.4. The SMILES string of the molecule is CCCCCCC/C=C\C/C=C\CCCCCCCCCCCCOCC(CO)OC(=O)CCCCCCCCCCCCCCCCCCCCC. The van der Waals surface area contributed by atoms with Crippen molar-refractivity contribution < 1.29 is 19.4 Å². The summed E-state index contributed by atoms with van der Waals surface area (Å²) in [5.41, 5.74) is 0. The molecule has 0 aromatic rings. The number of aliphatic hydroxyl groups excluding tert-OH is 1. The van der Waals surface area contributed by atoms with E-state index in [-0.39, 0.29) is 12.6 Å². The van der Waals surface area contributed by atoms with Crippen LogP contribution in [-0.4, -0.2) is 37.0 Å². The highest BCUT2D eigenvalue weighted by Gasteiger charge is 2.13. The molecule has 0 spiro atoms. The molecule has 0 amide bonds. The first kappa shape index (κ1) is 51.9. The monoisotopic (exact) mass is 747 g/mol. The predicted octanol–water partition coefficient (Wildman–Crippen LogP) is 15.9. The van der Waals surface area contributed by atoms with Gasteiger partial charge in [-0.15, -0.1) is 0 Å². The second-order valence-electron chi connectivity index (χ2n) is 16.2. The van der Waals surface area contributed by atoms with Gasteiger partial charge in [0.25, 0.3) is 0 Å². The van der Waals surface area contributed by atoms with Crippen molar-refractivity contribution in [2.24, 2.45) is 0 Å². The van der Waals surface area contributed by atoms with Gasteiger partial charge in [0.15, 0.2) is 0 Å². The van der Waals surface area contributed by atoms with Gasteiger partial charge < -0.3 is 14.6 Å². The third-order valence-corrected chi connectivity index (χ3v) is 10.8. The maximum absolute atomic E-state index is 12.2. The van der Waals surface area contributed by atoms with Gasteiger partial charge >= 0.3 is 5.97 Å². The van der Waals surface area contributed by atoms with Gasteiger partial charge in [0.1, 0.15) is 6.10 Å². The third kappa shape index (κ3) is 45.2. The highest BCUT2D eigenvalue weighted by Crippen LogP contribution is 2.16. The Balaban J connectivity index is 3.38. The lowest BCUT2D eigenvalue weighted by Crippen LogP contribution is -2.27. The summed E-state index contributed by atoms with van der Waals surface area (Å²) in [4.78, 5) is 12.2. The molecular weight excluding hydrogens is 653 g/mol. The lowest BCUT2D eigenvalue weighted by atomic mass is 10.0. The molecule has 0 saturated heterocycles. The van der Waals surface area contributed by atoms with E-state index in [0.29, 0.717) is 19.6 Å². The number of carbonyl (C=O) groups excluding carboxylic acids is 1. The minimum atomic E-state index is -0.532. The summed E-state index contributed by atoms with van der Waals surface area (Å²) < 4.78 is 11.2. The number of rotatable bonds is 45. The molecule has 4 nitrogen and oxygen atoms in total. The van der Waals surface area contributed by atoms with Gasteiger partial charge in [-0.25, -0.2) is 0 Å². The standard InChI is InChI=1S/C49H94O4/c1-3-5-7-9-11-13-15-17-19-21-23-24-25-27-29-31-33-35-37-39-41-43-45-52-47-48(46-50)53-49(51)44-42-40-38-36-34-32-30-28-26-22-20-18-16-14-12-10-8-6-4-2/h15,17,21,23,48,50H,3-14,16,18-20,22,24-47H2,1-2H3/b17-15-,23-21-. The Morgan fingerprint density at radius 1 is 0.453 bits per heavy atom. The first-order valence-corrected chi connectivity index (χ1v) is 23.9. The van der Waals surface area contributed by atoms with Crippen LogP contribution in [0.15, 0.2) is 24.3 Å². The second kappa shape index (κ2) is 47.0. The van der Waals surface area contributed by atoms with E-state index in [1.807, 2.05) is 0 Å². The first-order chi connectivity index (χ1) is 26.2. The van der Waals surface area contributed by atoms with E-state index in [2.05, 4.69) is 38.2 Å². The summed E-state index contributed by atoms with van der Waals surface area (Å²) in [6.07, 6.45) is 58.3. The van der Waals surface area contributed by atoms with Gasteiger partial charge in [-0.1, -0.05) is 231 Å². The van der Waals surface area contributed by atoms with E-state index < -0.39 is 6.10 Å². The maximum Gasteiger partial charge on any atom is 0.306 e. The summed E-state index contributed by atoms with van der Waals surface area (Å²) in [6.45, 7) is 5.37. The van der Waals surface area contributed by atoms with Gasteiger partial charge in [-0.3, -0.25) is 4.79 Å². The van der Waals surface area contributed by atoms with Crippen molar-refractivity contribution >= 4 is 5.97 Å². The number of hydrogen-bond acceptors (Lipinski definition) is 4. The van der Waals surface area contributed by atoms with Gasteiger partial charge in [0.05, 0.1) is 13.2 Å². The Morgan fingerprint density at radius 2 is 0.792 bits per heavy atom. The van der Waals surface area contributed by atoms with Gasteiger partial charge in [0.2, 0.25) is 0 Å². The van der Waals surface area contributed by atoms with Crippen LogP contribution in [0.3, 0.4) is 0 Å². The molecule has 4 heteroatoms. The number of ether oxygens (including phenoxy) is 2. The highest BCUT2D eigenvalue weighted by atomic mass is 16.6. The smallest absolute Gasteiger partial charge is 0.306 e. The maximum atomic E-state index is 12.2. The van der Waals surface area contributed by atoms with E-state index in [1.165, 1.54) is 212 Å². The molecule has 1 atom stereocenters. The minimum absolute atomic E-state index is 0.168. The summed E-state index contributed by atoms with van der Waals surface area (Å²) in [6, 6.07) is 0. The van der Waals surface area contributed by atoms with E-state index >= 15 is 0 Å². The summed E-state index contributed by atoms with van der Waals surface area (Å²) in [7, 11) is 0. The van der Waals surface area contributed by atoms with E-state index in [4.69, 9.17) is 9.47 Å². The summed E-state index contributed by atoms with van der Waals surface area (Å²) >= 11 is 0. The quantitative estimate of drug-likeness (QED) is 0.0383. The molecule has 0 aromatic heterocycles. The van der Waals surface area contributed by atoms with E-state index in [1.54, 1.807) is 0 Å². The van der Waals surface area contributed by atoms with Gasteiger partial charge in [0, 0.05) is 13.0 Å². The Kier molecular flexibility index (Phi) is 46.0. The fourth-order valence-corrected chi connectivity index (χ4v) is 7.18. The Hall–Kier alpha value is -1.13. The molecular formula is C49H94O4. The average molecular weight is 747 g/mol. The minimum Gasteiger partial charge on any atom is -0.457 e. The molecule has 0 rings (SSSR count). The Labute approximate surface area is 332 Å². The largest absolute Gasteiger partial charge is 0.457 e. The molecule has 0 fully saturated rings. The van der Waals surface area contributed by atoms with Crippen molar-refractivity contribution in [2.45, 2.75) is 264 Å². The van der Waals surface area contributed by atoms with Gasteiger partial charge in [-0.05, 0) is 44.9 Å². The van der Waals surface area contributed by atoms with E-state index in [0.717, 1.165) is 25.7 Å². The number of carbonyl (C=O) groups is 1. The van der Waals surface area contributed by atoms with Crippen molar-refractivity contribution in [3.63, 3.8) is 0 Å². The summed E-state index contributed by atoms with van der Waals surface area (Å²) in [5.74, 6) is -0.196. The van der Waals surface area contributed by atoms with Crippen LogP contribution >= 0.6 is 0 Å². The molecule has 0 aliphatic carbocycles. The van der Waals surface area contributed by atoms with Crippen molar-refractivity contribution in [3.8, 4) is 0 Å². The molecule has 0 aliphatic heterocycles. The average Bonchev–Trinajstić information content (AvgIpc) is 3.16. The van der Waals surface area contributed by atoms with Crippen molar-refractivity contribution in [2.75, 3.05) is 19.8 Å². The van der Waals surface area contributed by atoms with Crippen molar-refractivity contribution in [3.05, 3.63) is 24.3 Å². The highest BCUT2D eigenvalue weighted by molar-refractivity contribution is 5.69. The molecule has 0 heterocycles. The zero-order valence-corrected chi connectivity index (χ0v) is 36.1. The van der Waals surface area contributed by atoms with Crippen molar-refractivity contribution in [1.82, 2.24) is 0 Å². The second-order valence-corrected chi connectivity index (χ2v) is 16.2. The Morgan fingerprint density at radius 3 is 1.17 bits per heavy atom. The molecule has 0 bridgehead atoms.